The van der Waals surface area contributed by atoms with E-state index >= 15 is 0 Å². The molecule has 1 aliphatic carbocycles. The third-order valence-electron chi connectivity index (χ3n) is 4.93. The second kappa shape index (κ2) is 6.20. The SMILES string of the molecule is Cc1ccc(-c2ccc(C3CCC(C)CC3)c(F)c2F)cc1. The predicted molar refractivity (Wildman–Crippen MR) is 86.9 cm³/mol. The molecule has 0 spiro atoms. The Labute approximate surface area is 131 Å². The van der Waals surface area contributed by atoms with Gasteiger partial charge in [-0.1, -0.05) is 61.7 Å². The Bertz CT molecular complexity index is 650. The number of benzene rings is 2. The van der Waals surface area contributed by atoms with Gasteiger partial charge in [-0.2, -0.15) is 0 Å². The summed E-state index contributed by atoms with van der Waals surface area (Å²) in [6, 6.07) is 11.0. The lowest BCUT2D eigenvalue weighted by Crippen LogP contribution is -2.13. The summed E-state index contributed by atoms with van der Waals surface area (Å²) >= 11 is 0. The summed E-state index contributed by atoms with van der Waals surface area (Å²) in [7, 11) is 0. The Kier molecular flexibility index (Phi) is 4.28. The molecule has 0 heterocycles. The highest BCUT2D eigenvalue weighted by Gasteiger charge is 2.24. The highest BCUT2D eigenvalue weighted by Crippen LogP contribution is 2.38. The predicted octanol–water partition coefficient (Wildman–Crippen LogP) is 6.23. The summed E-state index contributed by atoms with van der Waals surface area (Å²) in [5, 5.41) is 0. The molecule has 1 saturated carbocycles. The summed E-state index contributed by atoms with van der Waals surface area (Å²) < 4.78 is 29.0. The van der Waals surface area contributed by atoms with Crippen LogP contribution in [0.3, 0.4) is 0 Å². The van der Waals surface area contributed by atoms with Gasteiger partial charge in [0.05, 0.1) is 0 Å². The zero-order valence-electron chi connectivity index (χ0n) is 13.2. The van der Waals surface area contributed by atoms with Crippen LogP contribution in [0.25, 0.3) is 11.1 Å². The monoisotopic (exact) mass is 300 g/mol. The smallest absolute Gasteiger partial charge is 0.166 e. The molecule has 0 unspecified atom stereocenters. The van der Waals surface area contributed by atoms with Gasteiger partial charge in [0.15, 0.2) is 11.6 Å². The van der Waals surface area contributed by atoms with Gasteiger partial charge in [0.1, 0.15) is 0 Å². The van der Waals surface area contributed by atoms with Crippen molar-refractivity contribution in [2.24, 2.45) is 5.92 Å². The molecular formula is C20H22F2. The molecule has 0 atom stereocenters. The Balaban J connectivity index is 1.93. The van der Waals surface area contributed by atoms with Crippen molar-refractivity contribution in [1.82, 2.24) is 0 Å². The van der Waals surface area contributed by atoms with Crippen LogP contribution < -0.4 is 0 Å². The number of hydrogen-bond donors (Lipinski definition) is 0. The fourth-order valence-corrected chi connectivity index (χ4v) is 3.41. The van der Waals surface area contributed by atoms with Crippen molar-refractivity contribution in [2.45, 2.75) is 45.4 Å². The van der Waals surface area contributed by atoms with Crippen LogP contribution in [0.4, 0.5) is 8.78 Å². The Morgan fingerprint density at radius 3 is 2.09 bits per heavy atom. The molecule has 0 aromatic heterocycles. The van der Waals surface area contributed by atoms with Gasteiger partial charge in [-0.15, -0.1) is 0 Å². The van der Waals surface area contributed by atoms with E-state index in [1.165, 1.54) is 0 Å². The largest absolute Gasteiger partial charge is 0.203 e. The van der Waals surface area contributed by atoms with E-state index in [1.54, 1.807) is 12.1 Å². The molecule has 0 amide bonds. The molecule has 0 nitrogen and oxygen atoms in total. The van der Waals surface area contributed by atoms with Crippen molar-refractivity contribution in [2.75, 3.05) is 0 Å². The highest BCUT2D eigenvalue weighted by atomic mass is 19.2. The van der Waals surface area contributed by atoms with E-state index in [0.29, 0.717) is 17.0 Å². The normalized spacial score (nSPS) is 21.8. The van der Waals surface area contributed by atoms with Crippen LogP contribution in [0, 0.1) is 24.5 Å². The molecule has 0 saturated heterocycles. The molecule has 22 heavy (non-hydrogen) atoms. The first-order chi connectivity index (χ1) is 10.6. The third-order valence-corrected chi connectivity index (χ3v) is 4.93. The minimum absolute atomic E-state index is 0.165. The summed E-state index contributed by atoms with van der Waals surface area (Å²) in [4.78, 5) is 0. The van der Waals surface area contributed by atoms with Crippen molar-refractivity contribution >= 4 is 0 Å². The Morgan fingerprint density at radius 2 is 1.45 bits per heavy atom. The number of halogens is 2. The van der Waals surface area contributed by atoms with Gasteiger partial charge in [0, 0.05) is 5.56 Å². The number of hydrogen-bond acceptors (Lipinski definition) is 0. The van der Waals surface area contributed by atoms with Gasteiger partial charge >= 0.3 is 0 Å². The van der Waals surface area contributed by atoms with Crippen molar-refractivity contribution in [3.05, 3.63) is 59.2 Å². The van der Waals surface area contributed by atoms with Crippen LogP contribution in [0.1, 0.15) is 49.7 Å². The molecule has 2 heteroatoms. The van der Waals surface area contributed by atoms with Crippen molar-refractivity contribution < 1.29 is 8.78 Å². The summed E-state index contributed by atoms with van der Waals surface area (Å²) in [5.74, 6) is -0.494. The maximum atomic E-state index is 14.5. The van der Waals surface area contributed by atoms with Gasteiger partial charge in [-0.05, 0) is 42.7 Å². The zero-order chi connectivity index (χ0) is 15.7. The van der Waals surface area contributed by atoms with Crippen LogP contribution in [0.15, 0.2) is 36.4 Å². The lowest BCUT2D eigenvalue weighted by atomic mass is 9.79. The molecule has 1 fully saturated rings. The number of aryl methyl sites for hydroxylation is 1. The lowest BCUT2D eigenvalue weighted by Gasteiger charge is -2.27. The maximum absolute atomic E-state index is 14.5. The maximum Gasteiger partial charge on any atom is 0.166 e. The molecule has 0 bridgehead atoms. The van der Waals surface area contributed by atoms with Crippen LogP contribution >= 0.6 is 0 Å². The van der Waals surface area contributed by atoms with E-state index < -0.39 is 11.6 Å². The molecular weight excluding hydrogens is 278 g/mol. The molecule has 2 aromatic carbocycles. The van der Waals surface area contributed by atoms with Crippen molar-refractivity contribution in [3.63, 3.8) is 0 Å². The van der Waals surface area contributed by atoms with E-state index in [4.69, 9.17) is 0 Å². The standard InChI is InChI=1S/C20H22F2/c1-13-3-7-15(8-4-13)17-11-12-18(20(22)19(17)21)16-9-5-14(2)6-10-16/h3-4,7-8,11-12,14,16H,5-6,9-10H2,1-2H3. The first-order valence-corrected chi connectivity index (χ1v) is 8.11. The molecule has 1 aliphatic rings. The van der Waals surface area contributed by atoms with Crippen LogP contribution in [0.5, 0.6) is 0 Å². The van der Waals surface area contributed by atoms with E-state index in [2.05, 4.69) is 6.92 Å². The highest BCUT2D eigenvalue weighted by molar-refractivity contribution is 5.65. The van der Waals surface area contributed by atoms with Crippen LogP contribution in [-0.2, 0) is 0 Å². The molecule has 0 aliphatic heterocycles. The second-order valence-electron chi connectivity index (χ2n) is 6.65. The van der Waals surface area contributed by atoms with Gasteiger partial charge in [0.25, 0.3) is 0 Å². The zero-order valence-corrected chi connectivity index (χ0v) is 13.2. The van der Waals surface area contributed by atoms with Gasteiger partial charge < -0.3 is 0 Å². The number of rotatable bonds is 2. The van der Waals surface area contributed by atoms with Crippen molar-refractivity contribution in [1.29, 1.82) is 0 Å². The summed E-state index contributed by atoms with van der Waals surface area (Å²) in [6.07, 6.45) is 4.12. The first-order valence-electron chi connectivity index (χ1n) is 8.11. The molecule has 0 N–H and O–H groups in total. The Hall–Kier alpha value is -1.70. The second-order valence-corrected chi connectivity index (χ2v) is 6.65. The van der Waals surface area contributed by atoms with E-state index in [9.17, 15) is 8.78 Å². The van der Waals surface area contributed by atoms with Crippen LogP contribution in [-0.4, -0.2) is 0 Å². The van der Waals surface area contributed by atoms with Crippen LogP contribution in [0.2, 0.25) is 0 Å². The average molecular weight is 300 g/mol. The topological polar surface area (TPSA) is 0 Å². The fourth-order valence-electron chi connectivity index (χ4n) is 3.41. The van der Waals surface area contributed by atoms with E-state index in [0.717, 1.165) is 36.8 Å². The van der Waals surface area contributed by atoms with E-state index in [1.807, 2.05) is 31.2 Å². The Morgan fingerprint density at radius 1 is 0.818 bits per heavy atom. The first kappa shape index (κ1) is 15.2. The third kappa shape index (κ3) is 2.92. The molecule has 0 radical (unpaired) electrons. The molecule has 2 aromatic rings. The quantitative estimate of drug-likeness (QED) is 0.616. The molecule has 116 valence electrons. The van der Waals surface area contributed by atoms with Gasteiger partial charge in [0.2, 0.25) is 0 Å². The summed E-state index contributed by atoms with van der Waals surface area (Å²) in [5.41, 5.74) is 2.74. The molecule has 3 rings (SSSR count). The lowest BCUT2D eigenvalue weighted by molar-refractivity contribution is 0.339. The summed E-state index contributed by atoms with van der Waals surface area (Å²) in [6.45, 7) is 4.21. The van der Waals surface area contributed by atoms with Gasteiger partial charge in [-0.3, -0.25) is 0 Å². The van der Waals surface area contributed by atoms with Crippen molar-refractivity contribution in [3.8, 4) is 11.1 Å². The minimum Gasteiger partial charge on any atom is -0.203 e. The van der Waals surface area contributed by atoms with Gasteiger partial charge in [-0.25, -0.2) is 8.78 Å². The minimum atomic E-state index is -0.708. The van der Waals surface area contributed by atoms with E-state index in [-0.39, 0.29) is 5.92 Å². The fraction of sp³-hybridized carbons (Fsp3) is 0.400. The average Bonchev–Trinajstić information content (AvgIpc) is 2.52.